The van der Waals surface area contributed by atoms with Gasteiger partial charge in [0, 0.05) is 6.04 Å². The third-order valence-electron chi connectivity index (χ3n) is 4.46. The minimum atomic E-state index is 0.475. The topological polar surface area (TPSA) is 38.0 Å². The third kappa shape index (κ3) is 1.66. The molecule has 2 saturated carbocycles. The van der Waals surface area contributed by atoms with Crippen LogP contribution < -0.4 is 11.3 Å². The number of hydrogen-bond donors (Lipinski definition) is 2. The monoisotopic (exact) mass is 216 g/mol. The van der Waals surface area contributed by atoms with Gasteiger partial charge in [0.05, 0.1) is 0 Å². The second-order valence-electron chi connectivity index (χ2n) is 5.72. The Balaban J connectivity index is 1.71. The van der Waals surface area contributed by atoms with Crippen molar-refractivity contribution in [3.8, 4) is 0 Å². The van der Waals surface area contributed by atoms with E-state index in [1.165, 1.54) is 24.8 Å². The average Bonchev–Trinajstić information content (AvgIpc) is 3.20. The summed E-state index contributed by atoms with van der Waals surface area (Å²) in [6.45, 7) is 2.36. The van der Waals surface area contributed by atoms with E-state index in [-0.39, 0.29) is 0 Å². The van der Waals surface area contributed by atoms with Gasteiger partial charge in [0.2, 0.25) is 0 Å². The van der Waals surface area contributed by atoms with Crippen LogP contribution in [0.25, 0.3) is 0 Å². The highest BCUT2D eigenvalue weighted by molar-refractivity contribution is 5.27. The number of hydrogen-bond acceptors (Lipinski definition) is 2. The molecule has 0 aliphatic heterocycles. The molecule has 0 saturated heterocycles. The van der Waals surface area contributed by atoms with Crippen molar-refractivity contribution in [3.63, 3.8) is 0 Å². The largest absolute Gasteiger partial charge is 0.271 e. The lowest BCUT2D eigenvalue weighted by atomic mass is 9.93. The zero-order chi connectivity index (χ0) is 11.2. The molecular weight excluding hydrogens is 196 g/mol. The quantitative estimate of drug-likeness (QED) is 0.599. The van der Waals surface area contributed by atoms with E-state index in [0.717, 1.165) is 11.8 Å². The summed E-state index contributed by atoms with van der Waals surface area (Å²) in [5.41, 5.74) is 5.02. The number of nitrogens with two attached hydrogens (primary N) is 1. The van der Waals surface area contributed by atoms with Gasteiger partial charge < -0.3 is 0 Å². The van der Waals surface area contributed by atoms with E-state index in [2.05, 4.69) is 42.7 Å². The number of nitrogens with one attached hydrogen (secondary N) is 1. The fraction of sp³-hybridized carbons (Fsp3) is 0.571. The van der Waals surface area contributed by atoms with Crippen molar-refractivity contribution in [2.75, 3.05) is 0 Å². The first-order valence-corrected chi connectivity index (χ1v) is 6.26. The Hall–Kier alpha value is -0.860. The average molecular weight is 216 g/mol. The standard InChI is InChI=1S/C14H20N2/c1-14(7-8-14)13(16-15)12-9-11(12)10-5-3-2-4-6-10/h2-6,11-13,16H,7-9,15H2,1H3. The van der Waals surface area contributed by atoms with Gasteiger partial charge in [-0.3, -0.25) is 11.3 Å². The maximum atomic E-state index is 5.73. The summed E-state index contributed by atoms with van der Waals surface area (Å²) in [6, 6.07) is 11.4. The van der Waals surface area contributed by atoms with Crippen LogP contribution in [0.3, 0.4) is 0 Å². The van der Waals surface area contributed by atoms with Crippen molar-refractivity contribution in [3.05, 3.63) is 35.9 Å². The van der Waals surface area contributed by atoms with Crippen molar-refractivity contribution in [2.45, 2.75) is 38.1 Å². The van der Waals surface area contributed by atoms with Gasteiger partial charge in [-0.25, -0.2) is 0 Å². The van der Waals surface area contributed by atoms with Gasteiger partial charge in [0.15, 0.2) is 0 Å². The predicted octanol–water partition coefficient (Wildman–Crippen LogP) is 2.42. The minimum absolute atomic E-state index is 0.475. The summed E-state index contributed by atoms with van der Waals surface area (Å²) >= 11 is 0. The van der Waals surface area contributed by atoms with Gasteiger partial charge in [-0.1, -0.05) is 37.3 Å². The molecule has 0 radical (unpaired) electrons. The van der Waals surface area contributed by atoms with Crippen LogP contribution in [-0.2, 0) is 0 Å². The third-order valence-corrected chi connectivity index (χ3v) is 4.46. The number of rotatable bonds is 4. The second kappa shape index (κ2) is 3.57. The zero-order valence-electron chi connectivity index (χ0n) is 9.82. The fourth-order valence-corrected chi connectivity index (χ4v) is 3.02. The molecule has 2 fully saturated rings. The lowest BCUT2D eigenvalue weighted by Crippen LogP contribution is -2.43. The first-order chi connectivity index (χ1) is 7.74. The Kier molecular flexibility index (Phi) is 2.30. The molecule has 2 aliphatic carbocycles. The molecule has 1 aromatic carbocycles. The maximum Gasteiger partial charge on any atom is 0.0298 e. The van der Waals surface area contributed by atoms with E-state index in [9.17, 15) is 0 Å². The molecule has 3 unspecified atom stereocenters. The predicted molar refractivity (Wildman–Crippen MR) is 65.7 cm³/mol. The van der Waals surface area contributed by atoms with E-state index in [1.807, 2.05) is 0 Å². The molecular formula is C14H20N2. The molecule has 86 valence electrons. The Labute approximate surface area is 97.2 Å². The molecule has 3 N–H and O–H groups in total. The van der Waals surface area contributed by atoms with E-state index in [4.69, 9.17) is 5.84 Å². The minimum Gasteiger partial charge on any atom is -0.271 e. The summed E-state index contributed by atoms with van der Waals surface area (Å²) in [5.74, 6) is 7.22. The highest BCUT2D eigenvalue weighted by atomic mass is 15.3. The van der Waals surface area contributed by atoms with Gasteiger partial charge in [-0.15, -0.1) is 0 Å². The summed E-state index contributed by atoms with van der Waals surface area (Å²) in [5, 5.41) is 0. The Morgan fingerprint density at radius 3 is 2.56 bits per heavy atom. The van der Waals surface area contributed by atoms with Gasteiger partial charge in [-0.05, 0) is 42.1 Å². The van der Waals surface area contributed by atoms with E-state index >= 15 is 0 Å². The van der Waals surface area contributed by atoms with E-state index in [1.54, 1.807) is 0 Å². The second-order valence-corrected chi connectivity index (χ2v) is 5.72. The Morgan fingerprint density at radius 1 is 1.31 bits per heavy atom. The first kappa shape index (κ1) is 10.3. The Morgan fingerprint density at radius 2 is 2.00 bits per heavy atom. The van der Waals surface area contributed by atoms with Gasteiger partial charge in [0.25, 0.3) is 0 Å². The van der Waals surface area contributed by atoms with Crippen molar-refractivity contribution < 1.29 is 0 Å². The van der Waals surface area contributed by atoms with Crippen molar-refractivity contribution in [2.24, 2.45) is 17.2 Å². The summed E-state index contributed by atoms with van der Waals surface area (Å²) in [7, 11) is 0. The molecule has 0 aromatic heterocycles. The van der Waals surface area contributed by atoms with E-state index in [0.29, 0.717) is 11.5 Å². The molecule has 0 spiro atoms. The SMILES string of the molecule is CC1(C(NN)C2CC2c2ccccc2)CC1. The van der Waals surface area contributed by atoms with Crippen molar-refractivity contribution >= 4 is 0 Å². The van der Waals surface area contributed by atoms with E-state index < -0.39 is 0 Å². The van der Waals surface area contributed by atoms with Crippen LogP contribution in [0.4, 0.5) is 0 Å². The summed E-state index contributed by atoms with van der Waals surface area (Å²) in [6.07, 6.45) is 3.97. The maximum absolute atomic E-state index is 5.73. The lowest BCUT2D eigenvalue weighted by molar-refractivity contribution is 0.321. The normalized spacial score (nSPS) is 32.1. The lowest BCUT2D eigenvalue weighted by Gasteiger charge is -2.23. The molecule has 0 amide bonds. The fourth-order valence-electron chi connectivity index (χ4n) is 3.02. The van der Waals surface area contributed by atoms with Crippen LogP contribution in [0, 0.1) is 11.3 Å². The smallest absolute Gasteiger partial charge is 0.0298 e. The molecule has 16 heavy (non-hydrogen) atoms. The number of hydrazine groups is 1. The van der Waals surface area contributed by atoms with Crippen molar-refractivity contribution in [1.29, 1.82) is 0 Å². The van der Waals surface area contributed by atoms with Crippen LogP contribution in [0.5, 0.6) is 0 Å². The zero-order valence-corrected chi connectivity index (χ0v) is 9.82. The van der Waals surface area contributed by atoms with Crippen LogP contribution in [0.2, 0.25) is 0 Å². The number of benzene rings is 1. The van der Waals surface area contributed by atoms with Crippen LogP contribution in [-0.4, -0.2) is 6.04 Å². The highest BCUT2D eigenvalue weighted by Crippen LogP contribution is 2.59. The molecule has 3 atom stereocenters. The highest BCUT2D eigenvalue weighted by Gasteiger charge is 2.54. The molecule has 2 aliphatic rings. The molecule has 3 rings (SSSR count). The van der Waals surface area contributed by atoms with Crippen LogP contribution >= 0.6 is 0 Å². The molecule has 0 bridgehead atoms. The van der Waals surface area contributed by atoms with Crippen LogP contribution in [0.1, 0.15) is 37.7 Å². The first-order valence-electron chi connectivity index (χ1n) is 6.26. The summed E-state index contributed by atoms with van der Waals surface area (Å²) < 4.78 is 0. The molecule has 2 nitrogen and oxygen atoms in total. The van der Waals surface area contributed by atoms with Crippen LogP contribution in [0.15, 0.2) is 30.3 Å². The molecule has 2 heteroatoms. The van der Waals surface area contributed by atoms with Gasteiger partial charge in [-0.2, -0.15) is 0 Å². The summed E-state index contributed by atoms with van der Waals surface area (Å²) in [4.78, 5) is 0. The Bertz CT molecular complexity index is 370. The van der Waals surface area contributed by atoms with Crippen molar-refractivity contribution in [1.82, 2.24) is 5.43 Å². The van der Waals surface area contributed by atoms with Gasteiger partial charge >= 0.3 is 0 Å². The van der Waals surface area contributed by atoms with Gasteiger partial charge in [0.1, 0.15) is 0 Å². The molecule has 1 aromatic rings. The molecule has 0 heterocycles.